The Morgan fingerprint density at radius 3 is 2.78 bits per heavy atom. The van der Waals surface area contributed by atoms with Crippen molar-refractivity contribution in [2.75, 3.05) is 19.7 Å². The van der Waals surface area contributed by atoms with Gasteiger partial charge in [-0.05, 0) is 18.5 Å². The van der Waals surface area contributed by atoms with Gasteiger partial charge in [0.25, 0.3) is 0 Å². The van der Waals surface area contributed by atoms with Gasteiger partial charge in [0.05, 0.1) is 5.92 Å². The maximum Gasteiger partial charge on any atom is 0.310 e. The molecule has 0 fully saturated rings. The molecule has 18 heavy (non-hydrogen) atoms. The molecule has 0 saturated carbocycles. The van der Waals surface area contributed by atoms with Crippen molar-refractivity contribution in [3.8, 4) is 0 Å². The third-order valence-electron chi connectivity index (χ3n) is 2.59. The number of carbonyl (C=O) groups excluding carboxylic acids is 1. The van der Waals surface area contributed by atoms with Gasteiger partial charge in [0.15, 0.2) is 0 Å². The zero-order valence-corrected chi connectivity index (χ0v) is 10.8. The minimum atomic E-state index is -0.199. The van der Waals surface area contributed by atoms with Crippen LogP contribution in [-0.4, -0.2) is 30.8 Å². The molecule has 100 valence electrons. The molecular formula is C14H21NO3. The number of carbonyl (C=O) groups is 1. The number of nitrogens with one attached hydrogen (secondary N) is 1. The van der Waals surface area contributed by atoms with Crippen LogP contribution in [0.15, 0.2) is 30.3 Å². The number of aliphatic hydroxyl groups is 1. The van der Waals surface area contributed by atoms with Crippen LogP contribution in [0.1, 0.15) is 18.9 Å². The first-order chi connectivity index (χ1) is 8.74. The lowest BCUT2D eigenvalue weighted by atomic mass is 10.2. The van der Waals surface area contributed by atoms with E-state index in [0.29, 0.717) is 26.1 Å². The van der Waals surface area contributed by atoms with Gasteiger partial charge >= 0.3 is 5.97 Å². The van der Waals surface area contributed by atoms with Gasteiger partial charge in [-0.3, -0.25) is 4.79 Å². The van der Waals surface area contributed by atoms with E-state index in [1.165, 1.54) is 0 Å². The van der Waals surface area contributed by atoms with E-state index in [-0.39, 0.29) is 18.5 Å². The fourth-order valence-corrected chi connectivity index (χ4v) is 1.48. The predicted molar refractivity (Wildman–Crippen MR) is 70.0 cm³/mol. The summed E-state index contributed by atoms with van der Waals surface area (Å²) in [7, 11) is 0. The first-order valence-electron chi connectivity index (χ1n) is 6.26. The van der Waals surface area contributed by atoms with Gasteiger partial charge in [0, 0.05) is 13.2 Å². The average Bonchev–Trinajstić information content (AvgIpc) is 2.42. The zero-order valence-electron chi connectivity index (χ0n) is 10.8. The number of esters is 1. The monoisotopic (exact) mass is 251 g/mol. The molecule has 0 spiro atoms. The Hall–Kier alpha value is -1.39. The lowest BCUT2D eigenvalue weighted by Gasteiger charge is -2.12. The van der Waals surface area contributed by atoms with Gasteiger partial charge < -0.3 is 15.2 Å². The summed E-state index contributed by atoms with van der Waals surface area (Å²) in [6.07, 6.45) is 0.700. The molecule has 0 aromatic heterocycles. The fraction of sp³-hybridized carbons (Fsp3) is 0.500. The fourth-order valence-electron chi connectivity index (χ4n) is 1.48. The van der Waals surface area contributed by atoms with Crippen LogP contribution in [0.4, 0.5) is 0 Å². The van der Waals surface area contributed by atoms with E-state index in [9.17, 15) is 4.79 Å². The number of aliphatic hydroxyl groups excluding tert-OH is 1. The molecular weight excluding hydrogens is 230 g/mol. The van der Waals surface area contributed by atoms with Crippen LogP contribution in [-0.2, 0) is 16.1 Å². The Morgan fingerprint density at radius 2 is 2.11 bits per heavy atom. The van der Waals surface area contributed by atoms with Crippen LogP contribution < -0.4 is 5.32 Å². The van der Waals surface area contributed by atoms with Crippen molar-refractivity contribution in [1.29, 1.82) is 0 Å². The summed E-state index contributed by atoms with van der Waals surface area (Å²) >= 11 is 0. The highest BCUT2D eigenvalue weighted by molar-refractivity contribution is 5.72. The molecule has 0 amide bonds. The second kappa shape index (κ2) is 8.66. The average molecular weight is 251 g/mol. The Balaban J connectivity index is 2.19. The predicted octanol–water partition coefficient (Wildman–Crippen LogP) is 1.34. The maximum absolute atomic E-state index is 11.7. The minimum Gasteiger partial charge on any atom is -0.461 e. The highest BCUT2D eigenvalue weighted by atomic mass is 16.5. The van der Waals surface area contributed by atoms with Crippen molar-refractivity contribution >= 4 is 5.97 Å². The second-order valence-electron chi connectivity index (χ2n) is 4.28. The molecule has 0 bridgehead atoms. The number of benzene rings is 1. The summed E-state index contributed by atoms with van der Waals surface area (Å²) in [6, 6.07) is 9.63. The molecule has 0 aliphatic heterocycles. The van der Waals surface area contributed by atoms with Crippen LogP contribution in [0.2, 0.25) is 0 Å². The lowest BCUT2D eigenvalue weighted by molar-refractivity contribution is -0.149. The molecule has 0 aliphatic carbocycles. The molecule has 4 heteroatoms. The van der Waals surface area contributed by atoms with Gasteiger partial charge in [0.1, 0.15) is 6.61 Å². The van der Waals surface area contributed by atoms with Crippen molar-refractivity contribution in [2.24, 2.45) is 5.92 Å². The van der Waals surface area contributed by atoms with Crippen LogP contribution in [0.5, 0.6) is 0 Å². The molecule has 2 N–H and O–H groups in total. The van der Waals surface area contributed by atoms with Gasteiger partial charge in [-0.15, -0.1) is 0 Å². The highest BCUT2D eigenvalue weighted by Gasteiger charge is 2.13. The quantitative estimate of drug-likeness (QED) is 0.541. The van der Waals surface area contributed by atoms with Crippen molar-refractivity contribution in [3.05, 3.63) is 35.9 Å². The summed E-state index contributed by atoms with van der Waals surface area (Å²) in [5, 5.41) is 11.7. The highest BCUT2D eigenvalue weighted by Crippen LogP contribution is 2.04. The van der Waals surface area contributed by atoms with Gasteiger partial charge in [-0.2, -0.15) is 0 Å². The SMILES string of the molecule is CC(CNCCCO)C(=O)OCc1ccccc1. The molecule has 0 heterocycles. The lowest BCUT2D eigenvalue weighted by Crippen LogP contribution is -2.28. The van der Waals surface area contributed by atoms with E-state index in [0.717, 1.165) is 5.56 Å². The molecule has 1 unspecified atom stereocenters. The Bertz CT molecular complexity index is 340. The second-order valence-corrected chi connectivity index (χ2v) is 4.28. The smallest absolute Gasteiger partial charge is 0.310 e. The molecule has 0 saturated heterocycles. The summed E-state index contributed by atoms with van der Waals surface area (Å²) in [6.45, 7) is 3.61. The molecule has 0 aliphatic rings. The third-order valence-corrected chi connectivity index (χ3v) is 2.59. The molecule has 1 atom stereocenters. The van der Waals surface area contributed by atoms with Crippen molar-refractivity contribution in [1.82, 2.24) is 5.32 Å². The minimum absolute atomic E-state index is 0.167. The van der Waals surface area contributed by atoms with Crippen LogP contribution in [0, 0.1) is 5.92 Å². The number of hydrogen-bond acceptors (Lipinski definition) is 4. The molecule has 4 nitrogen and oxygen atoms in total. The first kappa shape index (κ1) is 14.7. The van der Waals surface area contributed by atoms with E-state index < -0.39 is 0 Å². The summed E-state index contributed by atoms with van der Waals surface area (Å²) in [5.41, 5.74) is 0.992. The number of hydrogen-bond donors (Lipinski definition) is 2. The normalized spacial score (nSPS) is 12.1. The van der Waals surface area contributed by atoms with Crippen LogP contribution in [0.25, 0.3) is 0 Å². The third kappa shape index (κ3) is 5.80. The Morgan fingerprint density at radius 1 is 1.39 bits per heavy atom. The number of ether oxygens (including phenoxy) is 1. The molecule has 1 aromatic rings. The standard InChI is InChI=1S/C14H21NO3/c1-12(10-15-8-5-9-16)14(17)18-11-13-6-3-2-4-7-13/h2-4,6-7,12,15-16H,5,8-11H2,1H3. The Labute approximate surface area is 108 Å². The number of rotatable bonds is 8. The van der Waals surface area contributed by atoms with Gasteiger partial charge in [-0.1, -0.05) is 37.3 Å². The van der Waals surface area contributed by atoms with E-state index >= 15 is 0 Å². The van der Waals surface area contributed by atoms with E-state index in [4.69, 9.17) is 9.84 Å². The van der Waals surface area contributed by atoms with E-state index in [1.54, 1.807) is 0 Å². The Kier molecular flexibility index (Phi) is 7.06. The topological polar surface area (TPSA) is 58.6 Å². The van der Waals surface area contributed by atoms with Gasteiger partial charge in [-0.25, -0.2) is 0 Å². The van der Waals surface area contributed by atoms with Gasteiger partial charge in [0.2, 0.25) is 0 Å². The molecule has 0 radical (unpaired) electrons. The zero-order chi connectivity index (χ0) is 13.2. The molecule has 1 rings (SSSR count). The largest absolute Gasteiger partial charge is 0.461 e. The van der Waals surface area contributed by atoms with Crippen molar-refractivity contribution in [3.63, 3.8) is 0 Å². The van der Waals surface area contributed by atoms with Crippen LogP contribution in [0.3, 0.4) is 0 Å². The first-order valence-corrected chi connectivity index (χ1v) is 6.26. The molecule has 1 aromatic carbocycles. The van der Waals surface area contributed by atoms with Crippen molar-refractivity contribution < 1.29 is 14.6 Å². The summed E-state index contributed by atoms with van der Waals surface area (Å²) in [5.74, 6) is -0.372. The van der Waals surface area contributed by atoms with E-state index in [1.807, 2.05) is 37.3 Å². The van der Waals surface area contributed by atoms with Crippen LogP contribution >= 0.6 is 0 Å². The summed E-state index contributed by atoms with van der Waals surface area (Å²) < 4.78 is 5.22. The van der Waals surface area contributed by atoms with Crippen molar-refractivity contribution in [2.45, 2.75) is 20.0 Å². The summed E-state index contributed by atoms with van der Waals surface area (Å²) in [4.78, 5) is 11.7. The van der Waals surface area contributed by atoms with E-state index in [2.05, 4.69) is 5.32 Å². The maximum atomic E-state index is 11.7.